The molecule has 7 nitrogen and oxygen atoms in total. The summed E-state index contributed by atoms with van der Waals surface area (Å²) in [6.07, 6.45) is 0. The van der Waals surface area contributed by atoms with E-state index in [1.165, 1.54) is 15.8 Å². The monoisotopic (exact) mass is 462 g/mol. The van der Waals surface area contributed by atoms with Crippen LogP contribution in [0.25, 0.3) is 21.2 Å². The van der Waals surface area contributed by atoms with Crippen LogP contribution in [0.2, 0.25) is 0 Å². The largest absolute Gasteiger partial charge is 0.422 e. The van der Waals surface area contributed by atoms with Crippen LogP contribution in [0.4, 0.5) is 5.13 Å². The number of piperazine rings is 1. The van der Waals surface area contributed by atoms with Gasteiger partial charge in [-0.3, -0.25) is 9.69 Å². The number of fused-ring (bicyclic) bond motifs is 2. The lowest BCUT2D eigenvalue weighted by Crippen LogP contribution is -2.48. The van der Waals surface area contributed by atoms with E-state index in [2.05, 4.69) is 41.1 Å². The zero-order valence-corrected chi connectivity index (χ0v) is 19.6. The molecule has 33 heavy (non-hydrogen) atoms. The van der Waals surface area contributed by atoms with Crippen molar-refractivity contribution < 1.29 is 9.21 Å². The van der Waals surface area contributed by atoms with Gasteiger partial charge in [-0.25, -0.2) is 9.78 Å². The molecular weight excluding hydrogens is 436 g/mol. The zero-order chi connectivity index (χ0) is 22.9. The van der Waals surface area contributed by atoms with E-state index >= 15 is 0 Å². The second-order valence-corrected chi connectivity index (χ2v) is 9.50. The number of aryl methyl sites for hydroxylation is 2. The summed E-state index contributed by atoms with van der Waals surface area (Å²) in [5.74, 6) is -0.395. The fourth-order valence-electron chi connectivity index (χ4n) is 4.30. The highest BCUT2D eigenvalue weighted by Gasteiger charge is 2.21. The Morgan fingerprint density at radius 2 is 1.91 bits per heavy atom. The lowest BCUT2D eigenvalue weighted by Gasteiger charge is -2.34. The average molecular weight is 463 g/mol. The number of carbonyl (C=O) groups excluding carboxylic acids is 1. The van der Waals surface area contributed by atoms with Crippen LogP contribution in [0.5, 0.6) is 0 Å². The first-order valence-electron chi connectivity index (χ1n) is 11.1. The predicted molar refractivity (Wildman–Crippen MR) is 133 cm³/mol. The Morgan fingerprint density at radius 1 is 1.12 bits per heavy atom. The normalized spacial score (nSPS) is 14.8. The summed E-state index contributed by atoms with van der Waals surface area (Å²) in [6, 6.07) is 13.2. The minimum absolute atomic E-state index is 0.0416. The van der Waals surface area contributed by atoms with E-state index in [4.69, 9.17) is 9.40 Å². The van der Waals surface area contributed by atoms with Crippen LogP contribution in [0.1, 0.15) is 21.5 Å². The molecule has 8 heteroatoms. The van der Waals surface area contributed by atoms with Crippen molar-refractivity contribution in [1.82, 2.24) is 15.2 Å². The van der Waals surface area contributed by atoms with E-state index in [0.717, 1.165) is 48.8 Å². The Morgan fingerprint density at radius 3 is 2.73 bits per heavy atom. The van der Waals surface area contributed by atoms with Crippen LogP contribution < -0.4 is 15.8 Å². The summed E-state index contributed by atoms with van der Waals surface area (Å²) in [5, 5.41) is 4.67. The van der Waals surface area contributed by atoms with Crippen LogP contribution in [0.15, 0.2) is 51.7 Å². The molecule has 1 fully saturated rings. The van der Waals surface area contributed by atoms with Gasteiger partial charge in [-0.15, -0.1) is 0 Å². The molecule has 0 bridgehead atoms. The van der Waals surface area contributed by atoms with Crippen LogP contribution in [0, 0.1) is 13.8 Å². The maximum Gasteiger partial charge on any atom is 0.349 e. The minimum atomic E-state index is -0.610. The number of para-hydroxylation sites is 1. The van der Waals surface area contributed by atoms with Crippen molar-refractivity contribution in [2.75, 3.05) is 44.2 Å². The summed E-state index contributed by atoms with van der Waals surface area (Å²) in [6.45, 7) is 9.06. The summed E-state index contributed by atoms with van der Waals surface area (Å²) >= 11 is 1.76. The zero-order valence-electron chi connectivity index (χ0n) is 18.8. The Hall–Kier alpha value is -3.23. The van der Waals surface area contributed by atoms with Crippen LogP contribution >= 0.6 is 11.3 Å². The first kappa shape index (κ1) is 21.6. The molecule has 0 spiro atoms. The molecule has 0 atom stereocenters. The van der Waals surface area contributed by atoms with E-state index in [0.29, 0.717) is 12.1 Å². The lowest BCUT2D eigenvalue weighted by atomic mass is 10.1. The smallest absolute Gasteiger partial charge is 0.349 e. The van der Waals surface area contributed by atoms with Crippen LogP contribution in [0.3, 0.4) is 0 Å². The third-order valence-corrected chi connectivity index (χ3v) is 7.12. The van der Waals surface area contributed by atoms with Crippen molar-refractivity contribution in [2.24, 2.45) is 0 Å². The third-order valence-electron chi connectivity index (χ3n) is 6.06. The second kappa shape index (κ2) is 8.96. The summed E-state index contributed by atoms with van der Waals surface area (Å²) in [7, 11) is 0. The molecule has 5 rings (SSSR count). The molecule has 0 saturated carbocycles. The highest BCUT2D eigenvalue weighted by Crippen LogP contribution is 2.32. The number of benzene rings is 2. The Labute approximate surface area is 195 Å². The molecule has 170 valence electrons. The van der Waals surface area contributed by atoms with Crippen molar-refractivity contribution in [3.63, 3.8) is 0 Å². The van der Waals surface area contributed by atoms with Crippen molar-refractivity contribution >= 4 is 43.6 Å². The number of anilines is 1. The number of hydrogen-bond donors (Lipinski definition) is 1. The summed E-state index contributed by atoms with van der Waals surface area (Å²) in [4.78, 5) is 34.2. The van der Waals surface area contributed by atoms with Gasteiger partial charge >= 0.3 is 5.63 Å². The van der Waals surface area contributed by atoms with E-state index in [9.17, 15) is 9.59 Å². The molecule has 2 aromatic heterocycles. The number of aromatic nitrogens is 1. The van der Waals surface area contributed by atoms with Crippen LogP contribution in [-0.4, -0.2) is 55.1 Å². The highest BCUT2D eigenvalue weighted by molar-refractivity contribution is 7.22. The molecule has 0 radical (unpaired) electrons. The van der Waals surface area contributed by atoms with Gasteiger partial charge in [0.1, 0.15) is 11.1 Å². The highest BCUT2D eigenvalue weighted by atomic mass is 32.1. The maximum atomic E-state index is 12.5. The number of rotatable bonds is 5. The van der Waals surface area contributed by atoms with Gasteiger partial charge in [0.25, 0.3) is 5.91 Å². The van der Waals surface area contributed by atoms with Gasteiger partial charge in [0.2, 0.25) is 0 Å². The van der Waals surface area contributed by atoms with Gasteiger partial charge in [0.15, 0.2) is 5.13 Å². The molecule has 3 heterocycles. The molecule has 0 unspecified atom stereocenters. The molecule has 4 aromatic rings. The van der Waals surface area contributed by atoms with Crippen molar-refractivity contribution in [2.45, 2.75) is 13.8 Å². The van der Waals surface area contributed by atoms with Gasteiger partial charge in [-0.2, -0.15) is 0 Å². The van der Waals surface area contributed by atoms with E-state index in [1.54, 1.807) is 29.5 Å². The molecule has 1 N–H and O–H groups in total. The standard InChI is InChI=1S/C25H26N4O3S/c1-16-13-17(2)22-21(14-16)33-25(27-22)29-11-9-28(10-12-29)8-7-26-23(30)19-15-18-5-3-4-6-20(18)32-24(19)31/h3-6,13-15H,7-12H2,1-2H3,(H,26,30). The molecule has 1 aliphatic rings. The topological polar surface area (TPSA) is 78.7 Å². The van der Waals surface area contributed by atoms with Crippen LogP contribution in [-0.2, 0) is 0 Å². The summed E-state index contributed by atoms with van der Waals surface area (Å²) in [5.41, 5.74) is 3.51. The van der Waals surface area contributed by atoms with Crippen molar-refractivity contribution in [3.05, 3.63) is 69.6 Å². The third kappa shape index (κ3) is 4.49. The van der Waals surface area contributed by atoms with Gasteiger partial charge in [0.05, 0.1) is 10.2 Å². The molecule has 0 aliphatic carbocycles. The first-order chi connectivity index (χ1) is 16.0. The number of amides is 1. The van der Waals surface area contributed by atoms with E-state index < -0.39 is 11.5 Å². The number of hydrogen-bond acceptors (Lipinski definition) is 7. The Balaban J connectivity index is 1.15. The molecule has 2 aromatic carbocycles. The molecule has 1 aliphatic heterocycles. The minimum Gasteiger partial charge on any atom is -0.422 e. The Bertz CT molecular complexity index is 1390. The van der Waals surface area contributed by atoms with Crippen molar-refractivity contribution in [1.29, 1.82) is 0 Å². The van der Waals surface area contributed by atoms with E-state index in [-0.39, 0.29) is 5.56 Å². The Kier molecular flexibility index (Phi) is 5.86. The number of carbonyl (C=O) groups is 1. The van der Waals surface area contributed by atoms with Gasteiger partial charge < -0.3 is 14.6 Å². The average Bonchev–Trinajstić information content (AvgIpc) is 3.23. The maximum absolute atomic E-state index is 12.5. The lowest BCUT2D eigenvalue weighted by molar-refractivity contribution is 0.0944. The van der Waals surface area contributed by atoms with Gasteiger partial charge in [-0.05, 0) is 43.2 Å². The molecule has 1 saturated heterocycles. The van der Waals surface area contributed by atoms with Gasteiger partial charge in [0, 0.05) is 44.7 Å². The second-order valence-electron chi connectivity index (χ2n) is 8.49. The molecular formula is C25H26N4O3S. The quantitative estimate of drug-likeness (QED) is 0.457. The molecule has 1 amide bonds. The summed E-state index contributed by atoms with van der Waals surface area (Å²) < 4.78 is 6.50. The van der Waals surface area contributed by atoms with E-state index in [1.807, 2.05) is 12.1 Å². The number of thiazole rings is 1. The predicted octanol–water partition coefficient (Wildman–Crippen LogP) is 3.57. The SMILES string of the molecule is Cc1cc(C)c2nc(N3CCN(CCNC(=O)c4cc5ccccc5oc4=O)CC3)sc2c1. The fourth-order valence-corrected chi connectivity index (χ4v) is 5.49. The first-order valence-corrected chi connectivity index (χ1v) is 12.0. The van der Waals surface area contributed by atoms with Gasteiger partial charge in [-0.1, -0.05) is 35.6 Å². The van der Waals surface area contributed by atoms with Crippen molar-refractivity contribution in [3.8, 4) is 0 Å². The number of nitrogens with zero attached hydrogens (tertiary/aromatic N) is 3. The fraction of sp³-hybridized carbons (Fsp3) is 0.320. The number of nitrogens with one attached hydrogen (secondary N) is 1.